The smallest absolute Gasteiger partial charge is 0.224 e. The Morgan fingerprint density at radius 1 is 1.35 bits per heavy atom. The largest absolute Gasteiger partial charge is 0.356 e. The highest BCUT2D eigenvalue weighted by Gasteiger charge is 2.17. The standard InChI is InChI=1S/C14H16N2O/c15-9-12-6-4-11(5-7-12)8-14(17)16-10-13-2-1-3-13/h4-7,13H,1-3,8,10H2,(H,16,17). The van der Waals surface area contributed by atoms with Gasteiger partial charge in [0, 0.05) is 6.54 Å². The first-order valence-electron chi connectivity index (χ1n) is 6.03. The van der Waals surface area contributed by atoms with E-state index in [9.17, 15) is 4.79 Å². The van der Waals surface area contributed by atoms with E-state index < -0.39 is 0 Å². The van der Waals surface area contributed by atoms with E-state index >= 15 is 0 Å². The van der Waals surface area contributed by atoms with Crippen LogP contribution in [-0.2, 0) is 11.2 Å². The van der Waals surface area contributed by atoms with Crippen LogP contribution in [0.3, 0.4) is 0 Å². The fraction of sp³-hybridized carbons (Fsp3) is 0.429. The molecule has 1 saturated carbocycles. The third kappa shape index (κ3) is 3.32. The number of nitriles is 1. The molecule has 1 aliphatic carbocycles. The van der Waals surface area contributed by atoms with E-state index in [2.05, 4.69) is 11.4 Å². The molecule has 0 heterocycles. The average molecular weight is 228 g/mol. The van der Waals surface area contributed by atoms with Gasteiger partial charge < -0.3 is 5.32 Å². The predicted octanol–water partition coefficient (Wildman–Crippen LogP) is 2.02. The van der Waals surface area contributed by atoms with Crippen LogP contribution < -0.4 is 5.32 Å². The molecule has 0 atom stereocenters. The Balaban J connectivity index is 1.78. The average Bonchev–Trinajstić information content (AvgIpc) is 2.28. The van der Waals surface area contributed by atoms with Crippen molar-refractivity contribution in [2.75, 3.05) is 6.54 Å². The molecule has 1 fully saturated rings. The van der Waals surface area contributed by atoms with E-state index in [0.29, 0.717) is 17.9 Å². The fourth-order valence-corrected chi connectivity index (χ4v) is 1.90. The number of carbonyl (C=O) groups is 1. The summed E-state index contributed by atoms with van der Waals surface area (Å²) in [5, 5.41) is 11.6. The van der Waals surface area contributed by atoms with Crippen LogP contribution in [0.15, 0.2) is 24.3 Å². The summed E-state index contributed by atoms with van der Waals surface area (Å²) in [5.74, 6) is 0.765. The Labute approximate surface area is 101 Å². The topological polar surface area (TPSA) is 52.9 Å². The molecule has 0 saturated heterocycles. The summed E-state index contributed by atoms with van der Waals surface area (Å²) in [4.78, 5) is 11.6. The molecule has 1 aromatic carbocycles. The van der Waals surface area contributed by atoms with Gasteiger partial charge in [-0.05, 0) is 36.5 Å². The van der Waals surface area contributed by atoms with Gasteiger partial charge in [-0.2, -0.15) is 5.26 Å². The molecule has 88 valence electrons. The molecule has 0 aromatic heterocycles. The second-order valence-corrected chi connectivity index (χ2v) is 4.59. The zero-order valence-electron chi connectivity index (χ0n) is 9.78. The van der Waals surface area contributed by atoms with Gasteiger partial charge >= 0.3 is 0 Å². The molecule has 2 rings (SSSR count). The lowest BCUT2D eigenvalue weighted by atomic mass is 9.85. The van der Waals surface area contributed by atoms with Crippen LogP contribution in [0.4, 0.5) is 0 Å². The quantitative estimate of drug-likeness (QED) is 0.857. The number of hydrogen-bond donors (Lipinski definition) is 1. The maximum absolute atomic E-state index is 11.6. The number of carbonyl (C=O) groups excluding carboxylic acids is 1. The number of nitrogens with zero attached hydrogens (tertiary/aromatic N) is 1. The van der Waals surface area contributed by atoms with Crippen molar-refractivity contribution >= 4 is 5.91 Å². The van der Waals surface area contributed by atoms with Crippen molar-refractivity contribution in [3.8, 4) is 6.07 Å². The molecule has 0 spiro atoms. The van der Waals surface area contributed by atoms with Crippen molar-refractivity contribution in [2.45, 2.75) is 25.7 Å². The first-order valence-corrected chi connectivity index (χ1v) is 6.03. The molecule has 3 heteroatoms. The summed E-state index contributed by atoms with van der Waals surface area (Å²) in [5.41, 5.74) is 1.58. The molecule has 0 unspecified atom stereocenters. The number of nitrogens with one attached hydrogen (secondary N) is 1. The Hall–Kier alpha value is -1.82. The maximum Gasteiger partial charge on any atom is 0.224 e. The normalized spacial score (nSPS) is 14.8. The third-order valence-electron chi connectivity index (χ3n) is 3.26. The highest BCUT2D eigenvalue weighted by atomic mass is 16.1. The summed E-state index contributed by atoms with van der Waals surface area (Å²) in [6, 6.07) is 9.22. The van der Waals surface area contributed by atoms with Gasteiger partial charge in [0.25, 0.3) is 0 Å². The van der Waals surface area contributed by atoms with E-state index in [0.717, 1.165) is 12.1 Å². The van der Waals surface area contributed by atoms with Crippen LogP contribution in [0.5, 0.6) is 0 Å². The van der Waals surface area contributed by atoms with Gasteiger partial charge in [0.1, 0.15) is 0 Å². The summed E-state index contributed by atoms with van der Waals surface area (Å²) < 4.78 is 0. The summed E-state index contributed by atoms with van der Waals surface area (Å²) >= 11 is 0. The van der Waals surface area contributed by atoms with E-state index in [4.69, 9.17) is 5.26 Å². The lowest BCUT2D eigenvalue weighted by Crippen LogP contribution is -2.33. The van der Waals surface area contributed by atoms with Crippen molar-refractivity contribution in [1.29, 1.82) is 5.26 Å². The summed E-state index contributed by atoms with van der Waals surface area (Å²) in [6.07, 6.45) is 4.20. The molecule has 3 nitrogen and oxygen atoms in total. The summed E-state index contributed by atoms with van der Waals surface area (Å²) in [6.45, 7) is 0.815. The van der Waals surface area contributed by atoms with Gasteiger partial charge in [0.2, 0.25) is 5.91 Å². The Morgan fingerprint density at radius 3 is 2.59 bits per heavy atom. The second-order valence-electron chi connectivity index (χ2n) is 4.59. The number of rotatable bonds is 4. The molecule has 17 heavy (non-hydrogen) atoms. The van der Waals surface area contributed by atoms with Gasteiger partial charge in [0.05, 0.1) is 18.1 Å². The molecule has 0 radical (unpaired) electrons. The molecule has 1 aromatic rings. The zero-order valence-corrected chi connectivity index (χ0v) is 9.78. The first kappa shape index (κ1) is 11.7. The van der Waals surface area contributed by atoms with E-state index in [1.165, 1.54) is 19.3 Å². The molecule has 0 bridgehead atoms. The highest BCUT2D eigenvalue weighted by molar-refractivity contribution is 5.78. The Kier molecular flexibility index (Phi) is 3.77. The number of benzene rings is 1. The van der Waals surface area contributed by atoms with Gasteiger partial charge in [-0.1, -0.05) is 18.6 Å². The van der Waals surface area contributed by atoms with Gasteiger partial charge in [-0.3, -0.25) is 4.79 Å². The SMILES string of the molecule is N#Cc1ccc(CC(=O)NCC2CCC2)cc1. The summed E-state index contributed by atoms with van der Waals surface area (Å²) in [7, 11) is 0. The minimum atomic E-state index is 0.0709. The lowest BCUT2D eigenvalue weighted by Gasteiger charge is -2.25. The van der Waals surface area contributed by atoms with E-state index in [1.807, 2.05) is 12.1 Å². The Bertz CT molecular complexity index is 427. The van der Waals surface area contributed by atoms with Crippen LogP contribution in [0, 0.1) is 17.2 Å². The van der Waals surface area contributed by atoms with Gasteiger partial charge in [-0.15, -0.1) is 0 Å². The minimum absolute atomic E-state index is 0.0709. The predicted molar refractivity (Wildman–Crippen MR) is 65.2 cm³/mol. The Morgan fingerprint density at radius 2 is 2.06 bits per heavy atom. The molecule has 0 aliphatic heterocycles. The van der Waals surface area contributed by atoms with Crippen LogP contribution in [0.2, 0.25) is 0 Å². The maximum atomic E-state index is 11.6. The molecular formula is C14H16N2O. The van der Waals surface area contributed by atoms with Crippen LogP contribution in [0.25, 0.3) is 0 Å². The van der Waals surface area contributed by atoms with Gasteiger partial charge in [-0.25, -0.2) is 0 Å². The third-order valence-corrected chi connectivity index (χ3v) is 3.26. The molecule has 1 amide bonds. The lowest BCUT2D eigenvalue weighted by molar-refractivity contribution is -0.120. The van der Waals surface area contributed by atoms with Crippen molar-refractivity contribution in [3.63, 3.8) is 0 Å². The van der Waals surface area contributed by atoms with E-state index in [1.54, 1.807) is 12.1 Å². The van der Waals surface area contributed by atoms with Crippen molar-refractivity contribution in [1.82, 2.24) is 5.32 Å². The first-order chi connectivity index (χ1) is 8.28. The number of amides is 1. The van der Waals surface area contributed by atoms with Crippen LogP contribution in [0.1, 0.15) is 30.4 Å². The van der Waals surface area contributed by atoms with Crippen molar-refractivity contribution in [3.05, 3.63) is 35.4 Å². The fourth-order valence-electron chi connectivity index (χ4n) is 1.90. The van der Waals surface area contributed by atoms with Crippen molar-refractivity contribution < 1.29 is 4.79 Å². The monoisotopic (exact) mass is 228 g/mol. The zero-order chi connectivity index (χ0) is 12.1. The molecular weight excluding hydrogens is 212 g/mol. The molecule has 1 N–H and O–H groups in total. The molecule has 1 aliphatic rings. The van der Waals surface area contributed by atoms with Crippen molar-refractivity contribution in [2.24, 2.45) is 5.92 Å². The van der Waals surface area contributed by atoms with Crippen LogP contribution in [-0.4, -0.2) is 12.5 Å². The second kappa shape index (κ2) is 5.49. The minimum Gasteiger partial charge on any atom is -0.356 e. The van der Waals surface area contributed by atoms with Gasteiger partial charge in [0.15, 0.2) is 0 Å². The number of hydrogen-bond acceptors (Lipinski definition) is 2. The highest BCUT2D eigenvalue weighted by Crippen LogP contribution is 2.25. The van der Waals surface area contributed by atoms with E-state index in [-0.39, 0.29) is 5.91 Å². The van der Waals surface area contributed by atoms with Crippen LogP contribution >= 0.6 is 0 Å².